The normalized spacial score (nSPS) is 18.5. The smallest absolute Gasteiger partial charge is 0.342 e. The Bertz CT molecular complexity index is 520. The van der Waals surface area contributed by atoms with Gasteiger partial charge in [-0.3, -0.25) is 0 Å². The Labute approximate surface area is 111 Å². The molecule has 0 heterocycles. The minimum absolute atomic E-state index is 0.0794. The van der Waals surface area contributed by atoms with Crippen molar-refractivity contribution in [3.63, 3.8) is 0 Å². The van der Waals surface area contributed by atoms with E-state index in [2.05, 4.69) is 0 Å². The second-order valence-electron chi connectivity index (χ2n) is 4.38. The topological polar surface area (TPSA) is 46.5 Å². The number of carbonyl (C=O) groups is 1. The molecule has 1 aliphatic rings. The van der Waals surface area contributed by atoms with Crippen molar-refractivity contribution >= 4 is 23.1 Å². The van der Waals surface area contributed by atoms with E-state index < -0.39 is 5.97 Å². The van der Waals surface area contributed by atoms with Crippen LogP contribution in [0.2, 0.25) is 5.02 Å². The molecule has 0 spiro atoms. The van der Waals surface area contributed by atoms with Crippen LogP contribution >= 0.6 is 11.6 Å². The molecular weight excluding hydrogens is 252 g/mol. The van der Waals surface area contributed by atoms with Crippen LogP contribution < -0.4 is 0 Å². The van der Waals surface area contributed by atoms with E-state index >= 15 is 0 Å². The van der Waals surface area contributed by atoms with E-state index in [0.717, 1.165) is 5.56 Å². The van der Waals surface area contributed by atoms with Gasteiger partial charge in [-0.1, -0.05) is 24.6 Å². The van der Waals surface area contributed by atoms with Crippen LogP contribution in [-0.2, 0) is 9.53 Å². The molecule has 3 nitrogen and oxygen atoms in total. The van der Waals surface area contributed by atoms with Gasteiger partial charge in [-0.15, -0.1) is 0 Å². The maximum atomic E-state index is 11.9. The first kappa shape index (κ1) is 13.0. The number of rotatable bonds is 2. The highest BCUT2D eigenvalue weighted by Gasteiger charge is 2.29. The molecule has 0 aromatic heterocycles. The molecule has 0 amide bonds. The number of allylic oxidation sites excluding steroid dienone is 1. The summed E-state index contributed by atoms with van der Waals surface area (Å²) in [5.74, 6) is -0.253. The number of hydrogen-bond acceptors (Lipinski definition) is 3. The number of carbonyl (C=O) groups excluding carboxylic acids is 1. The van der Waals surface area contributed by atoms with Gasteiger partial charge < -0.3 is 9.84 Å². The Morgan fingerprint density at radius 2 is 2.28 bits per heavy atom. The van der Waals surface area contributed by atoms with E-state index in [0.29, 0.717) is 17.0 Å². The predicted molar refractivity (Wildman–Crippen MR) is 70.7 cm³/mol. The van der Waals surface area contributed by atoms with Crippen LogP contribution in [0.15, 0.2) is 24.0 Å². The molecule has 1 aromatic carbocycles. The van der Waals surface area contributed by atoms with Gasteiger partial charge in [0, 0.05) is 11.4 Å². The van der Waals surface area contributed by atoms with Gasteiger partial charge in [0.2, 0.25) is 0 Å². The lowest BCUT2D eigenvalue weighted by atomic mass is 9.83. The Balaban J connectivity index is 2.55. The van der Waals surface area contributed by atoms with E-state index in [1.54, 1.807) is 19.1 Å². The summed E-state index contributed by atoms with van der Waals surface area (Å²) >= 11 is 5.96. The maximum Gasteiger partial charge on any atom is 0.342 e. The summed E-state index contributed by atoms with van der Waals surface area (Å²) in [6, 6.07) is 5.39. The lowest BCUT2D eigenvalue weighted by Gasteiger charge is -2.24. The fourth-order valence-corrected chi connectivity index (χ4v) is 2.44. The van der Waals surface area contributed by atoms with Gasteiger partial charge in [-0.05, 0) is 36.1 Å². The third-order valence-electron chi connectivity index (χ3n) is 3.08. The monoisotopic (exact) mass is 266 g/mol. The first-order valence-electron chi connectivity index (χ1n) is 5.93. The van der Waals surface area contributed by atoms with E-state index in [9.17, 15) is 9.90 Å². The van der Waals surface area contributed by atoms with Crippen molar-refractivity contribution in [1.82, 2.24) is 0 Å². The van der Waals surface area contributed by atoms with Crippen molar-refractivity contribution in [3.8, 4) is 0 Å². The van der Waals surface area contributed by atoms with Crippen molar-refractivity contribution in [2.75, 3.05) is 6.61 Å². The Hall–Kier alpha value is -1.48. The first-order chi connectivity index (χ1) is 8.54. The number of hydrogen-bond donors (Lipinski definition) is 1. The second-order valence-corrected chi connectivity index (χ2v) is 4.82. The van der Waals surface area contributed by atoms with Crippen LogP contribution in [0.3, 0.4) is 0 Å². The molecule has 1 N–H and O–H groups in total. The van der Waals surface area contributed by atoms with Gasteiger partial charge in [0.25, 0.3) is 0 Å². The quantitative estimate of drug-likeness (QED) is 0.831. The third-order valence-corrected chi connectivity index (χ3v) is 3.32. The fraction of sp³-hybridized carbons (Fsp3) is 0.357. The number of esters is 1. The van der Waals surface area contributed by atoms with Crippen LogP contribution in [0, 0.1) is 0 Å². The Morgan fingerprint density at radius 1 is 1.56 bits per heavy atom. The molecular formula is C14H15ClO3. The van der Waals surface area contributed by atoms with Crippen LogP contribution in [-0.4, -0.2) is 17.7 Å². The highest BCUT2D eigenvalue weighted by Crippen LogP contribution is 2.39. The molecule has 1 aromatic rings. The number of benzene rings is 1. The van der Waals surface area contributed by atoms with Crippen molar-refractivity contribution in [2.45, 2.75) is 26.2 Å². The molecule has 18 heavy (non-hydrogen) atoms. The van der Waals surface area contributed by atoms with Crippen molar-refractivity contribution in [2.24, 2.45) is 0 Å². The van der Waals surface area contributed by atoms with Crippen molar-refractivity contribution < 1.29 is 14.6 Å². The summed E-state index contributed by atoms with van der Waals surface area (Å²) in [6.45, 7) is 4.02. The Morgan fingerprint density at radius 3 is 2.94 bits per heavy atom. The van der Waals surface area contributed by atoms with E-state index in [1.807, 2.05) is 13.0 Å². The predicted octanol–water partition coefficient (Wildman–Crippen LogP) is 3.68. The van der Waals surface area contributed by atoms with Crippen molar-refractivity contribution in [3.05, 3.63) is 40.1 Å². The first-order valence-corrected chi connectivity index (χ1v) is 6.31. The molecule has 2 rings (SSSR count). The minimum Gasteiger partial charge on any atom is -0.511 e. The summed E-state index contributed by atoms with van der Waals surface area (Å²) in [7, 11) is 0. The number of fused-ring (bicyclic) bond motifs is 1. The van der Waals surface area contributed by atoms with Crippen LogP contribution in [0.25, 0.3) is 5.57 Å². The molecule has 4 heteroatoms. The average Bonchev–Trinajstić information content (AvgIpc) is 2.28. The molecule has 1 aliphatic carbocycles. The van der Waals surface area contributed by atoms with E-state index in [-0.39, 0.29) is 23.9 Å². The number of ether oxygens (including phenoxy) is 1. The molecule has 96 valence electrons. The lowest BCUT2D eigenvalue weighted by Crippen LogP contribution is -2.16. The molecule has 0 radical (unpaired) electrons. The molecule has 0 fully saturated rings. The second kappa shape index (κ2) is 5.02. The summed E-state index contributed by atoms with van der Waals surface area (Å²) in [5, 5.41) is 10.5. The van der Waals surface area contributed by atoms with Gasteiger partial charge in [0.15, 0.2) is 0 Å². The summed E-state index contributed by atoms with van der Waals surface area (Å²) < 4.78 is 4.98. The van der Waals surface area contributed by atoms with Crippen LogP contribution in [0.5, 0.6) is 0 Å². The van der Waals surface area contributed by atoms with Crippen molar-refractivity contribution in [1.29, 1.82) is 0 Å². The zero-order chi connectivity index (χ0) is 13.3. The summed E-state index contributed by atoms with van der Waals surface area (Å²) in [6.07, 6.45) is 0.447. The minimum atomic E-state index is -0.495. The lowest BCUT2D eigenvalue weighted by molar-refractivity contribution is -0.136. The maximum absolute atomic E-state index is 11.9. The zero-order valence-electron chi connectivity index (χ0n) is 10.4. The fourth-order valence-electron chi connectivity index (χ4n) is 2.26. The SMILES string of the molecule is CCOC(=O)C1=C(O)CC(C)c2ccc(Cl)cc21. The average molecular weight is 267 g/mol. The Kier molecular flexibility index (Phi) is 3.62. The zero-order valence-corrected chi connectivity index (χ0v) is 11.1. The highest BCUT2D eigenvalue weighted by molar-refractivity contribution is 6.31. The largest absolute Gasteiger partial charge is 0.511 e. The van der Waals surface area contributed by atoms with Gasteiger partial charge in [-0.2, -0.15) is 0 Å². The van der Waals surface area contributed by atoms with Gasteiger partial charge in [-0.25, -0.2) is 4.79 Å². The highest BCUT2D eigenvalue weighted by atomic mass is 35.5. The summed E-state index contributed by atoms with van der Waals surface area (Å²) in [4.78, 5) is 11.9. The van der Waals surface area contributed by atoms with E-state index in [1.165, 1.54) is 0 Å². The molecule has 0 saturated carbocycles. The van der Waals surface area contributed by atoms with Crippen LogP contribution in [0.1, 0.15) is 37.3 Å². The van der Waals surface area contributed by atoms with Gasteiger partial charge >= 0.3 is 5.97 Å². The molecule has 0 saturated heterocycles. The summed E-state index contributed by atoms with van der Waals surface area (Å²) in [5.41, 5.74) is 1.94. The molecule has 0 bridgehead atoms. The number of aliphatic hydroxyl groups excluding tert-OH is 1. The third kappa shape index (κ3) is 2.23. The standard InChI is InChI=1S/C14H15ClO3/c1-3-18-14(17)13-11-7-9(15)4-5-10(11)8(2)6-12(13)16/h4-5,7-8,16H,3,6H2,1-2H3. The van der Waals surface area contributed by atoms with E-state index in [4.69, 9.17) is 16.3 Å². The molecule has 1 unspecified atom stereocenters. The molecule has 1 atom stereocenters. The number of aliphatic hydroxyl groups is 1. The van der Waals surface area contributed by atoms with Gasteiger partial charge in [0.05, 0.1) is 6.61 Å². The number of halogens is 1. The molecule has 0 aliphatic heterocycles. The van der Waals surface area contributed by atoms with Gasteiger partial charge in [0.1, 0.15) is 11.3 Å². The van der Waals surface area contributed by atoms with Crippen LogP contribution in [0.4, 0.5) is 0 Å².